The molecule has 0 unspecified atom stereocenters. The number of benzene rings is 2. The highest BCUT2D eigenvalue weighted by molar-refractivity contribution is 5.95. The number of carbonyl (C=O) groups excluding carboxylic acids is 2. The molecule has 1 saturated carbocycles. The highest BCUT2D eigenvalue weighted by Crippen LogP contribution is 2.35. The van der Waals surface area contributed by atoms with E-state index in [9.17, 15) is 9.59 Å². The molecule has 0 aliphatic heterocycles. The van der Waals surface area contributed by atoms with Crippen LogP contribution in [-0.4, -0.2) is 11.8 Å². The van der Waals surface area contributed by atoms with Crippen molar-refractivity contribution < 1.29 is 9.59 Å². The van der Waals surface area contributed by atoms with Crippen LogP contribution in [0.4, 0.5) is 0 Å². The zero-order valence-electron chi connectivity index (χ0n) is 14.5. The summed E-state index contributed by atoms with van der Waals surface area (Å²) in [5.41, 5.74) is 8.09. The van der Waals surface area contributed by atoms with Crippen LogP contribution in [0.1, 0.15) is 53.1 Å². The first kappa shape index (κ1) is 17.2. The Labute approximate surface area is 148 Å². The first-order valence-electron chi connectivity index (χ1n) is 8.85. The van der Waals surface area contributed by atoms with Crippen LogP contribution in [0.15, 0.2) is 54.6 Å². The molecule has 2 N–H and O–H groups in total. The molecule has 1 aliphatic carbocycles. The third kappa shape index (κ3) is 4.47. The third-order valence-corrected chi connectivity index (χ3v) is 4.98. The van der Waals surface area contributed by atoms with Gasteiger partial charge in [-0.3, -0.25) is 20.4 Å². The summed E-state index contributed by atoms with van der Waals surface area (Å²) in [6.45, 7) is 1.97. The summed E-state index contributed by atoms with van der Waals surface area (Å²) >= 11 is 0. The van der Waals surface area contributed by atoms with E-state index in [0.717, 1.165) is 31.2 Å². The summed E-state index contributed by atoms with van der Waals surface area (Å²) < 4.78 is 0. The molecule has 0 saturated heterocycles. The van der Waals surface area contributed by atoms with Gasteiger partial charge >= 0.3 is 0 Å². The van der Waals surface area contributed by atoms with Crippen LogP contribution < -0.4 is 10.9 Å². The normalized spacial score (nSPS) is 19.9. The number of rotatable bonds is 3. The third-order valence-electron chi connectivity index (χ3n) is 4.98. The molecule has 0 bridgehead atoms. The van der Waals surface area contributed by atoms with Crippen LogP contribution in [-0.2, 0) is 4.79 Å². The van der Waals surface area contributed by atoms with Crippen molar-refractivity contribution in [1.82, 2.24) is 10.9 Å². The lowest BCUT2D eigenvalue weighted by molar-refractivity contribution is -0.126. The molecule has 0 heterocycles. The standard InChI is InChI=1S/C21H24N2O2/c1-15-7-9-18(10-8-15)20(24)22-23-21(25)19-13-11-17(12-14-19)16-5-3-2-4-6-16/h2-10,17,19H,11-14H2,1H3,(H,22,24)(H,23,25). The average molecular weight is 336 g/mol. The van der Waals surface area contributed by atoms with E-state index >= 15 is 0 Å². The molecule has 3 rings (SSSR count). The Morgan fingerprint density at radius 2 is 1.48 bits per heavy atom. The Bertz CT molecular complexity index is 717. The molecule has 2 amide bonds. The van der Waals surface area contributed by atoms with Crippen molar-refractivity contribution in [3.8, 4) is 0 Å². The number of hydrogen-bond donors (Lipinski definition) is 2. The lowest BCUT2D eigenvalue weighted by atomic mass is 9.78. The van der Waals surface area contributed by atoms with Gasteiger partial charge in [-0.15, -0.1) is 0 Å². The van der Waals surface area contributed by atoms with Gasteiger partial charge in [-0.1, -0.05) is 48.0 Å². The summed E-state index contributed by atoms with van der Waals surface area (Å²) in [6.07, 6.45) is 3.72. The second-order valence-electron chi connectivity index (χ2n) is 6.77. The van der Waals surface area contributed by atoms with E-state index in [2.05, 4.69) is 35.1 Å². The topological polar surface area (TPSA) is 58.2 Å². The Morgan fingerprint density at radius 1 is 0.840 bits per heavy atom. The van der Waals surface area contributed by atoms with E-state index < -0.39 is 0 Å². The van der Waals surface area contributed by atoms with Gasteiger partial charge < -0.3 is 0 Å². The van der Waals surface area contributed by atoms with Crippen LogP contribution in [0.25, 0.3) is 0 Å². The molecule has 2 aromatic rings. The molecule has 0 aromatic heterocycles. The van der Waals surface area contributed by atoms with Crippen molar-refractivity contribution in [2.24, 2.45) is 5.92 Å². The lowest BCUT2D eigenvalue weighted by Crippen LogP contribution is -2.45. The Hall–Kier alpha value is -2.62. The number of amides is 2. The molecule has 2 aromatic carbocycles. The van der Waals surface area contributed by atoms with Gasteiger partial charge in [0, 0.05) is 11.5 Å². The Balaban J connectivity index is 1.46. The first-order chi connectivity index (χ1) is 12.1. The van der Waals surface area contributed by atoms with Gasteiger partial charge in [0.25, 0.3) is 5.91 Å². The highest BCUT2D eigenvalue weighted by atomic mass is 16.2. The van der Waals surface area contributed by atoms with Gasteiger partial charge in [0.2, 0.25) is 5.91 Å². The SMILES string of the molecule is Cc1ccc(C(=O)NNC(=O)C2CCC(c3ccccc3)CC2)cc1. The number of nitrogens with one attached hydrogen (secondary N) is 2. The van der Waals surface area contributed by atoms with E-state index in [1.807, 2.05) is 25.1 Å². The predicted octanol–water partition coefficient (Wildman–Crippen LogP) is 3.73. The maximum atomic E-state index is 12.3. The maximum Gasteiger partial charge on any atom is 0.269 e. The molecule has 1 fully saturated rings. The lowest BCUT2D eigenvalue weighted by Gasteiger charge is -2.28. The second-order valence-corrected chi connectivity index (χ2v) is 6.77. The van der Waals surface area contributed by atoms with Crippen molar-refractivity contribution in [2.75, 3.05) is 0 Å². The van der Waals surface area contributed by atoms with Gasteiger partial charge in [-0.2, -0.15) is 0 Å². The summed E-state index contributed by atoms with van der Waals surface area (Å²) in [5.74, 6) is 0.129. The summed E-state index contributed by atoms with van der Waals surface area (Å²) in [7, 11) is 0. The summed E-state index contributed by atoms with van der Waals surface area (Å²) in [4.78, 5) is 24.4. The zero-order chi connectivity index (χ0) is 17.6. The monoisotopic (exact) mass is 336 g/mol. The zero-order valence-corrected chi connectivity index (χ0v) is 14.5. The number of hydrogen-bond acceptors (Lipinski definition) is 2. The van der Waals surface area contributed by atoms with E-state index in [0.29, 0.717) is 11.5 Å². The van der Waals surface area contributed by atoms with Crippen molar-refractivity contribution in [3.05, 3.63) is 71.3 Å². The molecule has 25 heavy (non-hydrogen) atoms. The van der Waals surface area contributed by atoms with Gasteiger partial charge in [-0.25, -0.2) is 0 Å². The molecule has 4 heteroatoms. The van der Waals surface area contributed by atoms with Crippen LogP contribution in [0.3, 0.4) is 0 Å². The number of hydrazine groups is 1. The molecule has 130 valence electrons. The van der Waals surface area contributed by atoms with Gasteiger partial charge in [0.1, 0.15) is 0 Å². The van der Waals surface area contributed by atoms with E-state index in [4.69, 9.17) is 0 Å². The van der Waals surface area contributed by atoms with E-state index in [1.54, 1.807) is 12.1 Å². The van der Waals surface area contributed by atoms with Crippen LogP contribution in [0.2, 0.25) is 0 Å². The smallest absolute Gasteiger partial charge is 0.269 e. The molecular formula is C21H24N2O2. The first-order valence-corrected chi connectivity index (χ1v) is 8.85. The number of aryl methyl sites for hydroxylation is 1. The molecule has 0 radical (unpaired) electrons. The van der Waals surface area contributed by atoms with Crippen molar-refractivity contribution in [1.29, 1.82) is 0 Å². The fourth-order valence-corrected chi connectivity index (χ4v) is 3.41. The van der Waals surface area contributed by atoms with E-state index in [-0.39, 0.29) is 17.7 Å². The van der Waals surface area contributed by atoms with Crippen molar-refractivity contribution in [2.45, 2.75) is 38.5 Å². The molecule has 4 nitrogen and oxygen atoms in total. The molecule has 1 aliphatic rings. The van der Waals surface area contributed by atoms with Gasteiger partial charge in [0.05, 0.1) is 0 Å². The summed E-state index contributed by atoms with van der Waals surface area (Å²) in [6, 6.07) is 17.7. The fraction of sp³-hybridized carbons (Fsp3) is 0.333. The largest absolute Gasteiger partial charge is 0.273 e. The fourth-order valence-electron chi connectivity index (χ4n) is 3.41. The Kier molecular flexibility index (Phi) is 5.49. The van der Waals surface area contributed by atoms with E-state index in [1.165, 1.54) is 5.56 Å². The predicted molar refractivity (Wildman–Crippen MR) is 97.9 cm³/mol. The maximum absolute atomic E-state index is 12.3. The number of carbonyl (C=O) groups is 2. The minimum Gasteiger partial charge on any atom is -0.273 e. The molecular weight excluding hydrogens is 312 g/mol. The molecule has 0 atom stereocenters. The Morgan fingerprint density at radius 3 is 2.12 bits per heavy atom. The quantitative estimate of drug-likeness (QED) is 0.839. The summed E-state index contributed by atoms with van der Waals surface area (Å²) in [5, 5.41) is 0. The highest BCUT2D eigenvalue weighted by Gasteiger charge is 2.27. The van der Waals surface area contributed by atoms with Crippen molar-refractivity contribution >= 4 is 11.8 Å². The van der Waals surface area contributed by atoms with Crippen LogP contribution >= 0.6 is 0 Å². The minimum absolute atomic E-state index is 0.0294. The van der Waals surface area contributed by atoms with Crippen LogP contribution in [0.5, 0.6) is 0 Å². The second kappa shape index (κ2) is 7.97. The minimum atomic E-state index is -0.286. The van der Waals surface area contributed by atoms with Crippen LogP contribution in [0, 0.1) is 12.8 Å². The average Bonchev–Trinajstić information content (AvgIpc) is 2.67. The van der Waals surface area contributed by atoms with Gasteiger partial charge in [-0.05, 0) is 56.2 Å². The van der Waals surface area contributed by atoms with Crippen molar-refractivity contribution in [3.63, 3.8) is 0 Å². The van der Waals surface area contributed by atoms with Gasteiger partial charge in [0.15, 0.2) is 0 Å². The molecule has 0 spiro atoms.